The average molecular weight is 260 g/mol. The largest absolute Gasteiger partial charge is 0.507 e. The molecule has 2 heteroatoms. The Hall–Kier alpha value is -1.28. The van der Waals surface area contributed by atoms with Crippen LogP contribution in [-0.4, -0.2) is 5.11 Å². The molecule has 0 spiro atoms. The molecule has 1 heterocycles. The lowest BCUT2D eigenvalue weighted by molar-refractivity contribution is 0.463. The van der Waals surface area contributed by atoms with Crippen molar-refractivity contribution in [3.8, 4) is 5.75 Å². The summed E-state index contributed by atoms with van der Waals surface area (Å²) in [7, 11) is 0. The Bertz CT molecular complexity index is 533. The molecular weight excluding hydrogens is 240 g/mol. The Morgan fingerprint density at radius 1 is 1.22 bits per heavy atom. The second-order valence-corrected chi connectivity index (χ2v) is 6.84. The van der Waals surface area contributed by atoms with Gasteiger partial charge in [-0.3, -0.25) is 0 Å². The fraction of sp³-hybridized carbons (Fsp3) is 0.375. The van der Waals surface area contributed by atoms with E-state index in [1.165, 1.54) is 10.4 Å². The van der Waals surface area contributed by atoms with Gasteiger partial charge in [-0.05, 0) is 40.5 Å². The highest BCUT2D eigenvalue weighted by molar-refractivity contribution is 7.09. The number of phenolic OH excluding ortho intramolecular Hbond substituents is 1. The molecule has 0 aliphatic rings. The molecule has 0 saturated carbocycles. The average Bonchev–Trinajstić information content (AvgIpc) is 2.75. The van der Waals surface area contributed by atoms with Gasteiger partial charge < -0.3 is 5.11 Å². The maximum Gasteiger partial charge on any atom is 0.122 e. The summed E-state index contributed by atoms with van der Waals surface area (Å²) in [5.41, 5.74) is 3.39. The maximum atomic E-state index is 10.2. The third-order valence-electron chi connectivity index (χ3n) is 3.19. The normalized spacial score (nSPS) is 11.8. The van der Waals surface area contributed by atoms with Crippen LogP contribution in [0.3, 0.4) is 0 Å². The van der Waals surface area contributed by atoms with Crippen molar-refractivity contribution >= 4 is 11.3 Å². The van der Waals surface area contributed by atoms with Crippen LogP contribution >= 0.6 is 11.3 Å². The van der Waals surface area contributed by atoms with Gasteiger partial charge in [0.2, 0.25) is 0 Å². The third-order valence-corrected chi connectivity index (χ3v) is 4.07. The van der Waals surface area contributed by atoms with Crippen molar-refractivity contribution in [1.82, 2.24) is 0 Å². The van der Waals surface area contributed by atoms with Crippen LogP contribution in [0.2, 0.25) is 0 Å². The quantitative estimate of drug-likeness (QED) is 0.833. The minimum atomic E-state index is 0.114. The molecule has 0 bridgehead atoms. The first kappa shape index (κ1) is 13.2. The van der Waals surface area contributed by atoms with Gasteiger partial charge in [-0.15, -0.1) is 11.3 Å². The molecule has 0 amide bonds. The van der Waals surface area contributed by atoms with Crippen LogP contribution < -0.4 is 0 Å². The monoisotopic (exact) mass is 260 g/mol. The summed E-state index contributed by atoms with van der Waals surface area (Å²) in [5.74, 6) is 0.441. The fourth-order valence-electron chi connectivity index (χ4n) is 2.02. The molecule has 1 aromatic carbocycles. The first-order valence-electron chi connectivity index (χ1n) is 6.23. The number of rotatable bonds is 2. The van der Waals surface area contributed by atoms with Crippen LogP contribution in [-0.2, 0) is 11.8 Å². The second kappa shape index (κ2) is 4.77. The number of phenols is 1. The van der Waals surface area contributed by atoms with E-state index >= 15 is 0 Å². The molecule has 0 unspecified atom stereocenters. The summed E-state index contributed by atoms with van der Waals surface area (Å²) < 4.78 is 0. The highest BCUT2D eigenvalue weighted by atomic mass is 32.1. The van der Waals surface area contributed by atoms with E-state index in [-0.39, 0.29) is 5.41 Å². The third kappa shape index (κ3) is 2.75. The second-order valence-electron chi connectivity index (χ2n) is 5.81. The standard InChI is InChI=1S/C16H20OS/c1-11-8-13(16(2,3)4)9-12(15(11)17)10-14-6-5-7-18-14/h5-9,17H,10H2,1-4H3. The van der Waals surface area contributed by atoms with Crippen molar-refractivity contribution in [2.45, 2.75) is 39.5 Å². The van der Waals surface area contributed by atoms with E-state index in [0.717, 1.165) is 17.5 Å². The van der Waals surface area contributed by atoms with Gasteiger partial charge in [0.25, 0.3) is 0 Å². The van der Waals surface area contributed by atoms with Crippen molar-refractivity contribution in [2.75, 3.05) is 0 Å². The Balaban J connectivity index is 2.43. The molecule has 18 heavy (non-hydrogen) atoms. The van der Waals surface area contributed by atoms with Crippen LogP contribution in [0.25, 0.3) is 0 Å². The van der Waals surface area contributed by atoms with Crippen molar-refractivity contribution < 1.29 is 5.11 Å². The molecule has 1 aromatic heterocycles. The minimum Gasteiger partial charge on any atom is -0.507 e. The van der Waals surface area contributed by atoms with E-state index in [0.29, 0.717) is 5.75 Å². The van der Waals surface area contributed by atoms with Crippen molar-refractivity contribution in [1.29, 1.82) is 0 Å². The molecule has 2 aromatic rings. The Morgan fingerprint density at radius 2 is 1.94 bits per heavy atom. The predicted octanol–water partition coefficient (Wildman–Crippen LogP) is 4.65. The zero-order valence-corrected chi connectivity index (χ0v) is 12.3. The number of aryl methyl sites for hydroxylation is 1. The van der Waals surface area contributed by atoms with Crippen LogP contribution in [0.5, 0.6) is 5.75 Å². The predicted molar refractivity (Wildman–Crippen MR) is 78.7 cm³/mol. The molecule has 1 nitrogen and oxygen atoms in total. The van der Waals surface area contributed by atoms with Gasteiger partial charge in [-0.2, -0.15) is 0 Å². The van der Waals surface area contributed by atoms with Gasteiger partial charge in [0.05, 0.1) is 0 Å². The van der Waals surface area contributed by atoms with Crippen molar-refractivity contribution in [2.24, 2.45) is 0 Å². The molecule has 96 valence electrons. The van der Waals surface area contributed by atoms with Gasteiger partial charge in [0, 0.05) is 11.3 Å². The summed E-state index contributed by atoms with van der Waals surface area (Å²) in [6.07, 6.45) is 0.814. The van der Waals surface area contributed by atoms with E-state index in [2.05, 4.69) is 50.4 Å². The summed E-state index contributed by atoms with van der Waals surface area (Å²) in [5, 5.41) is 12.3. The number of aromatic hydroxyl groups is 1. The zero-order chi connectivity index (χ0) is 13.3. The lowest BCUT2D eigenvalue weighted by atomic mass is 9.84. The maximum absolute atomic E-state index is 10.2. The molecule has 0 atom stereocenters. The smallest absolute Gasteiger partial charge is 0.122 e. The van der Waals surface area contributed by atoms with Crippen LogP contribution in [0.1, 0.15) is 42.3 Å². The molecule has 2 rings (SSSR count). The first-order valence-corrected chi connectivity index (χ1v) is 7.11. The highest BCUT2D eigenvalue weighted by Crippen LogP contribution is 2.32. The molecule has 0 fully saturated rings. The van der Waals surface area contributed by atoms with Crippen molar-refractivity contribution in [3.05, 3.63) is 51.2 Å². The zero-order valence-electron chi connectivity index (χ0n) is 11.4. The summed E-state index contributed by atoms with van der Waals surface area (Å²) >= 11 is 1.73. The summed E-state index contributed by atoms with van der Waals surface area (Å²) in [6, 6.07) is 8.40. The topological polar surface area (TPSA) is 20.2 Å². The molecule has 0 saturated heterocycles. The van der Waals surface area contributed by atoms with Gasteiger partial charge in [0.15, 0.2) is 0 Å². The molecule has 0 aliphatic carbocycles. The van der Waals surface area contributed by atoms with Crippen molar-refractivity contribution in [3.63, 3.8) is 0 Å². The van der Waals surface area contributed by atoms with Crippen LogP contribution in [0, 0.1) is 6.92 Å². The Kier molecular flexibility index (Phi) is 3.49. The molecule has 1 N–H and O–H groups in total. The van der Waals surface area contributed by atoms with Gasteiger partial charge >= 0.3 is 0 Å². The van der Waals surface area contributed by atoms with Crippen LogP contribution in [0.15, 0.2) is 29.6 Å². The Morgan fingerprint density at radius 3 is 2.50 bits per heavy atom. The molecule has 0 aliphatic heterocycles. The lowest BCUT2D eigenvalue weighted by Gasteiger charge is -2.21. The minimum absolute atomic E-state index is 0.114. The van der Waals surface area contributed by atoms with Gasteiger partial charge in [-0.1, -0.05) is 39.0 Å². The SMILES string of the molecule is Cc1cc(C(C)(C)C)cc(Cc2cccs2)c1O. The summed E-state index contributed by atoms with van der Waals surface area (Å²) in [4.78, 5) is 1.29. The number of hydrogen-bond donors (Lipinski definition) is 1. The molecular formula is C16H20OS. The van der Waals surface area contributed by atoms with E-state index in [9.17, 15) is 5.11 Å². The van der Waals surface area contributed by atoms with Gasteiger partial charge in [0.1, 0.15) is 5.75 Å². The van der Waals surface area contributed by atoms with Gasteiger partial charge in [-0.25, -0.2) is 0 Å². The van der Waals surface area contributed by atoms with Crippen LogP contribution in [0.4, 0.5) is 0 Å². The Labute approximate surface area is 113 Å². The van der Waals surface area contributed by atoms with E-state index in [1.54, 1.807) is 11.3 Å². The van der Waals surface area contributed by atoms with E-state index in [4.69, 9.17) is 0 Å². The fourth-order valence-corrected chi connectivity index (χ4v) is 2.75. The number of thiophene rings is 1. The number of benzene rings is 1. The summed E-state index contributed by atoms with van der Waals surface area (Å²) in [6.45, 7) is 8.58. The first-order chi connectivity index (χ1) is 8.38. The van der Waals surface area contributed by atoms with E-state index < -0.39 is 0 Å². The van der Waals surface area contributed by atoms with E-state index in [1.807, 2.05) is 6.92 Å². The number of hydrogen-bond acceptors (Lipinski definition) is 2. The molecule has 0 radical (unpaired) electrons. The highest BCUT2D eigenvalue weighted by Gasteiger charge is 2.17. The lowest BCUT2D eigenvalue weighted by Crippen LogP contribution is -2.12.